The Balaban J connectivity index is 2.09. The lowest BCUT2D eigenvalue weighted by Crippen LogP contribution is -2.30. The van der Waals surface area contributed by atoms with Gasteiger partial charge < -0.3 is 14.8 Å². The van der Waals surface area contributed by atoms with Crippen molar-refractivity contribution in [2.75, 3.05) is 12.4 Å². The Morgan fingerprint density at radius 2 is 1.88 bits per heavy atom. The molecule has 0 aliphatic carbocycles. The molecule has 1 atom stereocenters. The molecule has 0 spiro atoms. The summed E-state index contributed by atoms with van der Waals surface area (Å²) in [5, 5.41) is 3.31. The molecule has 126 valence electrons. The summed E-state index contributed by atoms with van der Waals surface area (Å²) >= 11 is 5.97. The average molecular weight is 348 g/mol. The van der Waals surface area contributed by atoms with Crippen LogP contribution in [0, 0.1) is 6.92 Å². The Bertz CT molecular complexity index is 760. The number of amides is 1. The third-order valence-corrected chi connectivity index (χ3v) is 3.83. The van der Waals surface area contributed by atoms with Crippen LogP contribution in [-0.2, 0) is 9.53 Å². The van der Waals surface area contributed by atoms with Crippen LogP contribution in [0.1, 0.15) is 22.8 Å². The first kappa shape index (κ1) is 17.8. The molecule has 0 aromatic heterocycles. The topological polar surface area (TPSA) is 64.6 Å². The van der Waals surface area contributed by atoms with Gasteiger partial charge in [-0.15, -0.1) is 0 Å². The number of anilines is 1. The van der Waals surface area contributed by atoms with Crippen molar-refractivity contribution in [3.05, 3.63) is 58.6 Å². The molecule has 0 aliphatic rings. The number of ether oxygens (including phenoxy) is 2. The lowest BCUT2D eigenvalue weighted by molar-refractivity contribution is -0.122. The Hall–Kier alpha value is -2.53. The first-order chi connectivity index (χ1) is 11.4. The van der Waals surface area contributed by atoms with Crippen LogP contribution in [-0.4, -0.2) is 25.1 Å². The summed E-state index contributed by atoms with van der Waals surface area (Å²) in [4.78, 5) is 24.0. The van der Waals surface area contributed by atoms with Crippen molar-refractivity contribution < 1.29 is 19.1 Å². The minimum atomic E-state index is -0.753. The normalized spacial score (nSPS) is 11.5. The monoisotopic (exact) mass is 347 g/mol. The second-order valence-corrected chi connectivity index (χ2v) is 5.60. The predicted octanol–water partition coefficient (Wildman–Crippen LogP) is 3.84. The minimum absolute atomic E-state index is 0.280. The summed E-state index contributed by atoms with van der Waals surface area (Å²) in [5.41, 5.74) is 1.51. The Kier molecular flexibility index (Phi) is 5.82. The van der Waals surface area contributed by atoms with E-state index in [1.54, 1.807) is 49.4 Å². The number of nitrogens with one attached hydrogen (secondary N) is 1. The number of carbonyl (C=O) groups is 2. The van der Waals surface area contributed by atoms with E-state index in [4.69, 9.17) is 21.1 Å². The molecule has 2 aromatic rings. The number of para-hydroxylation sites is 1. The van der Waals surface area contributed by atoms with Gasteiger partial charge in [0.1, 0.15) is 5.75 Å². The maximum atomic E-state index is 12.3. The number of hydrogen-bond acceptors (Lipinski definition) is 4. The molecule has 1 amide bonds. The molecule has 6 heteroatoms. The van der Waals surface area contributed by atoms with Gasteiger partial charge in [-0.25, -0.2) is 4.79 Å². The van der Waals surface area contributed by atoms with Gasteiger partial charge in [-0.05, 0) is 49.7 Å². The molecule has 0 aliphatic heterocycles. The van der Waals surface area contributed by atoms with E-state index in [1.165, 1.54) is 7.11 Å². The zero-order valence-electron chi connectivity index (χ0n) is 13.6. The molecular weight excluding hydrogens is 330 g/mol. The highest BCUT2D eigenvalue weighted by Crippen LogP contribution is 2.22. The molecule has 5 nitrogen and oxygen atoms in total. The summed E-state index contributed by atoms with van der Waals surface area (Å²) in [7, 11) is 1.29. The number of esters is 1. The van der Waals surface area contributed by atoms with Gasteiger partial charge in [-0.1, -0.05) is 23.7 Å². The fourth-order valence-electron chi connectivity index (χ4n) is 2.06. The van der Waals surface area contributed by atoms with Crippen molar-refractivity contribution in [3.63, 3.8) is 0 Å². The Labute approximate surface area is 145 Å². The van der Waals surface area contributed by atoms with E-state index in [2.05, 4.69) is 5.32 Å². The van der Waals surface area contributed by atoms with Gasteiger partial charge in [0.15, 0.2) is 6.10 Å². The zero-order valence-corrected chi connectivity index (χ0v) is 14.4. The average Bonchev–Trinajstić information content (AvgIpc) is 2.58. The van der Waals surface area contributed by atoms with Gasteiger partial charge in [0.2, 0.25) is 0 Å². The SMILES string of the molecule is COC(=O)c1ccccc1NC(=O)C(C)Oc1ccc(Cl)c(C)c1. The first-order valence-electron chi connectivity index (χ1n) is 7.33. The third-order valence-electron chi connectivity index (χ3n) is 3.40. The molecule has 24 heavy (non-hydrogen) atoms. The Morgan fingerprint density at radius 3 is 2.54 bits per heavy atom. The number of aryl methyl sites for hydroxylation is 1. The number of carbonyl (C=O) groups excluding carboxylic acids is 2. The summed E-state index contributed by atoms with van der Waals surface area (Å²) in [6, 6.07) is 11.8. The van der Waals surface area contributed by atoms with Crippen LogP contribution in [0.15, 0.2) is 42.5 Å². The fraction of sp³-hybridized carbons (Fsp3) is 0.222. The van der Waals surface area contributed by atoms with Crippen LogP contribution in [0.4, 0.5) is 5.69 Å². The predicted molar refractivity (Wildman–Crippen MR) is 92.7 cm³/mol. The largest absolute Gasteiger partial charge is 0.481 e. The van der Waals surface area contributed by atoms with Crippen LogP contribution < -0.4 is 10.1 Å². The smallest absolute Gasteiger partial charge is 0.339 e. The number of methoxy groups -OCH3 is 1. The summed E-state index contributed by atoms with van der Waals surface area (Å²) < 4.78 is 10.3. The highest BCUT2D eigenvalue weighted by molar-refractivity contribution is 6.31. The second kappa shape index (κ2) is 7.84. The standard InChI is InChI=1S/C18H18ClNO4/c1-11-10-13(8-9-15(11)19)24-12(2)17(21)20-16-7-5-4-6-14(16)18(22)23-3/h4-10,12H,1-3H3,(H,20,21). The molecule has 0 radical (unpaired) electrons. The van der Waals surface area contributed by atoms with Gasteiger partial charge in [0, 0.05) is 5.02 Å². The van der Waals surface area contributed by atoms with E-state index in [0.29, 0.717) is 16.5 Å². The van der Waals surface area contributed by atoms with E-state index >= 15 is 0 Å². The first-order valence-corrected chi connectivity index (χ1v) is 7.71. The molecule has 1 N–H and O–H groups in total. The van der Waals surface area contributed by atoms with Crippen LogP contribution in [0.25, 0.3) is 0 Å². The van der Waals surface area contributed by atoms with Crippen molar-refractivity contribution in [3.8, 4) is 5.75 Å². The fourth-order valence-corrected chi connectivity index (χ4v) is 2.18. The van der Waals surface area contributed by atoms with Gasteiger partial charge >= 0.3 is 5.97 Å². The third kappa shape index (κ3) is 4.26. The van der Waals surface area contributed by atoms with E-state index in [1.807, 2.05) is 6.92 Å². The lowest BCUT2D eigenvalue weighted by atomic mass is 10.1. The number of halogens is 1. The van der Waals surface area contributed by atoms with E-state index in [9.17, 15) is 9.59 Å². The van der Waals surface area contributed by atoms with Gasteiger partial charge in [-0.2, -0.15) is 0 Å². The highest BCUT2D eigenvalue weighted by Gasteiger charge is 2.18. The van der Waals surface area contributed by atoms with Crippen molar-refractivity contribution >= 4 is 29.2 Å². The van der Waals surface area contributed by atoms with Crippen molar-refractivity contribution in [2.24, 2.45) is 0 Å². The molecule has 0 saturated carbocycles. The van der Waals surface area contributed by atoms with Gasteiger partial charge in [-0.3, -0.25) is 4.79 Å². The highest BCUT2D eigenvalue weighted by atomic mass is 35.5. The molecule has 1 unspecified atom stereocenters. The summed E-state index contributed by atoms with van der Waals surface area (Å²) in [6.45, 7) is 3.48. The molecular formula is C18H18ClNO4. The molecule has 2 aromatic carbocycles. The number of benzene rings is 2. The lowest BCUT2D eigenvalue weighted by Gasteiger charge is -2.16. The van der Waals surface area contributed by atoms with Crippen LogP contribution in [0.2, 0.25) is 5.02 Å². The van der Waals surface area contributed by atoms with Gasteiger partial charge in [0.25, 0.3) is 5.91 Å². The van der Waals surface area contributed by atoms with Crippen molar-refractivity contribution in [1.82, 2.24) is 0 Å². The van der Waals surface area contributed by atoms with E-state index < -0.39 is 12.1 Å². The van der Waals surface area contributed by atoms with E-state index in [-0.39, 0.29) is 11.5 Å². The molecule has 0 bridgehead atoms. The van der Waals surface area contributed by atoms with Crippen molar-refractivity contribution in [1.29, 1.82) is 0 Å². The zero-order chi connectivity index (χ0) is 17.7. The van der Waals surface area contributed by atoms with E-state index in [0.717, 1.165) is 5.56 Å². The molecule has 0 saturated heterocycles. The van der Waals surface area contributed by atoms with Crippen LogP contribution in [0.3, 0.4) is 0 Å². The number of rotatable bonds is 5. The van der Waals surface area contributed by atoms with Crippen molar-refractivity contribution in [2.45, 2.75) is 20.0 Å². The van der Waals surface area contributed by atoms with Crippen LogP contribution >= 0.6 is 11.6 Å². The maximum Gasteiger partial charge on any atom is 0.339 e. The van der Waals surface area contributed by atoms with Crippen LogP contribution in [0.5, 0.6) is 5.75 Å². The maximum absolute atomic E-state index is 12.3. The summed E-state index contributed by atoms with van der Waals surface area (Å²) in [5.74, 6) is -0.354. The Morgan fingerprint density at radius 1 is 1.17 bits per heavy atom. The molecule has 2 rings (SSSR count). The second-order valence-electron chi connectivity index (χ2n) is 5.20. The minimum Gasteiger partial charge on any atom is -0.481 e. The van der Waals surface area contributed by atoms with Gasteiger partial charge in [0.05, 0.1) is 18.4 Å². The summed E-state index contributed by atoms with van der Waals surface area (Å²) in [6.07, 6.45) is -0.753. The quantitative estimate of drug-likeness (QED) is 0.834. The molecule has 0 heterocycles. The number of hydrogen-bond donors (Lipinski definition) is 1. The molecule has 0 fully saturated rings.